The highest BCUT2D eigenvalue weighted by molar-refractivity contribution is 5.76. The fourth-order valence-electron chi connectivity index (χ4n) is 2.73. The van der Waals surface area contributed by atoms with Crippen LogP contribution in [0.25, 0.3) is 0 Å². The number of methoxy groups -OCH3 is 1. The zero-order chi connectivity index (χ0) is 15.2. The van der Waals surface area contributed by atoms with Crippen molar-refractivity contribution >= 4 is 5.91 Å². The van der Waals surface area contributed by atoms with Crippen molar-refractivity contribution in [3.05, 3.63) is 29.6 Å². The molecule has 0 aromatic heterocycles. The van der Waals surface area contributed by atoms with Crippen molar-refractivity contribution in [2.24, 2.45) is 5.92 Å². The Morgan fingerprint density at radius 2 is 2.38 bits per heavy atom. The highest BCUT2D eigenvalue weighted by Gasteiger charge is 2.18. The molecule has 1 aliphatic heterocycles. The second-order valence-corrected chi connectivity index (χ2v) is 5.57. The van der Waals surface area contributed by atoms with Crippen LogP contribution < -0.4 is 15.4 Å². The topological polar surface area (TPSA) is 50.4 Å². The SMILES string of the molecule is COc1ccc(F)cc1C(C)NC(=O)CCC1CCNC1. The van der Waals surface area contributed by atoms with E-state index in [1.54, 1.807) is 13.2 Å². The molecule has 21 heavy (non-hydrogen) atoms. The van der Waals surface area contributed by atoms with Gasteiger partial charge in [0.1, 0.15) is 11.6 Å². The van der Waals surface area contributed by atoms with Crippen LogP contribution in [0.5, 0.6) is 5.75 Å². The summed E-state index contributed by atoms with van der Waals surface area (Å²) in [5, 5.41) is 6.21. The Balaban J connectivity index is 1.89. The number of carbonyl (C=O) groups excluding carboxylic acids is 1. The van der Waals surface area contributed by atoms with Crippen LogP contribution in [0.4, 0.5) is 4.39 Å². The monoisotopic (exact) mass is 294 g/mol. The third kappa shape index (κ3) is 4.43. The van der Waals surface area contributed by atoms with E-state index >= 15 is 0 Å². The van der Waals surface area contributed by atoms with E-state index in [0.29, 0.717) is 23.7 Å². The predicted octanol–water partition coefficient (Wildman–Crippen LogP) is 2.40. The third-order valence-corrected chi connectivity index (χ3v) is 3.98. The molecule has 0 spiro atoms. The first-order valence-electron chi connectivity index (χ1n) is 7.43. The molecule has 2 unspecified atom stereocenters. The summed E-state index contributed by atoms with van der Waals surface area (Å²) in [5.41, 5.74) is 0.661. The van der Waals surface area contributed by atoms with E-state index in [0.717, 1.165) is 25.9 Å². The predicted molar refractivity (Wildman–Crippen MR) is 79.7 cm³/mol. The Hall–Kier alpha value is -1.62. The molecule has 0 aliphatic carbocycles. The molecular weight excluding hydrogens is 271 g/mol. The largest absolute Gasteiger partial charge is 0.496 e. The minimum atomic E-state index is -0.330. The molecule has 5 heteroatoms. The van der Waals surface area contributed by atoms with Gasteiger partial charge in [-0.3, -0.25) is 4.79 Å². The van der Waals surface area contributed by atoms with Gasteiger partial charge >= 0.3 is 0 Å². The van der Waals surface area contributed by atoms with Crippen LogP contribution in [0, 0.1) is 11.7 Å². The Morgan fingerprint density at radius 3 is 3.05 bits per heavy atom. The van der Waals surface area contributed by atoms with E-state index in [4.69, 9.17) is 4.74 Å². The summed E-state index contributed by atoms with van der Waals surface area (Å²) in [5.74, 6) is 0.851. The van der Waals surface area contributed by atoms with Crippen LogP contribution in [0.3, 0.4) is 0 Å². The van der Waals surface area contributed by atoms with Gasteiger partial charge in [-0.25, -0.2) is 4.39 Å². The van der Waals surface area contributed by atoms with Gasteiger partial charge in [0, 0.05) is 12.0 Å². The quantitative estimate of drug-likeness (QED) is 0.847. The summed E-state index contributed by atoms with van der Waals surface area (Å²) in [6, 6.07) is 4.07. The third-order valence-electron chi connectivity index (χ3n) is 3.98. The molecule has 2 N–H and O–H groups in total. The van der Waals surface area contributed by atoms with Crippen LogP contribution in [-0.4, -0.2) is 26.1 Å². The zero-order valence-corrected chi connectivity index (χ0v) is 12.6. The van der Waals surface area contributed by atoms with Crippen molar-refractivity contribution in [2.45, 2.75) is 32.2 Å². The number of hydrogen-bond donors (Lipinski definition) is 2. The first-order chi connectivity index (χ1) is 10.1. The Labute approximate surface area is 125 Å². The van der Waals surface area contributed by atoms with E-state index in [-0.39, 0.29) is 17.8 Å². The fourth-order valence-corrected chi connectivity index (χ4v) is 2.73. The number of ether oxygens (including phenoxy) is 1. The first-order valence-corrected chi connectivity index (χ1v) is 7.43. The Bertz CT molecular complexity index is 487. The second-order valence-electron chi connectivity index (χ2n) is 5.57. The average molecular weight is 294 g/mol. The molecule has 0 radical (unpaired) electrons. The van der Waals surface area contributed by atoms with E-state index in [1.807, 2.05) is 6.92 Å². The van der Waals surface area contributed by atoms with E-state index < -0.39 is 0 Å². The number of amides is 1. The van der Waals surface area contributed by atoms with Crippen molar-refractivity contribution < 1.29 is 13.9 Å². The molecule has 0 saturated carbocycles. The zero-order valence-electron chi connectivity index (χ0n) is 12.6. The molecule has 1 aliphatic rings. The average Bonchev–Trinajstić information content (AvgIpc) is 2.98. The highest BCUT2D eigenvalue weighted by atomic mass is 19.1. The number of carbonyl (C=O) groups is 1. The lowest BCUT2D eigenvalue weighted by Crippen LogP contribution is -2.27. The normalized spacial score (nSPS) is 19.3. The van der Waals surface area contributed by atoms with Crippen molar-refractivity contribution in [2.75, 3.05) is 20.2 Å². The summed E-state index contributed by atoms with van der Waals surface area (Å²) in [4.78, 5) is 12.0. The van der Waals surface area contributed by atoms with Gasteiger partial charge < -0.3 is 15.4 Å². The lowest BCUT2D eigenvalue weighted by Gasteiger charge is -2.18. The molecule has 4 nitrogen and oxygen atoms in total. The van der Waals surface area contributed by atoms with Gasteiger partial charge in [0.05, 0.1) is 13.2 Å². The summed E-state index contributed by atoms with van der Waals surface area (Å²) in [6.07, 6.45) is 2.54. The van der Waals surface area contributed by atoms with Crippen LogP contribution >= 0.6 is 0 Å². The maximum Gasteiger partial charge on any atom is 0.220 e. The summed E-state index contributed by atoms with van der Waals surface area (Å²) in [7, 11) is 1.54. The molecule has 1 fully saturated rings. The number of halogens is 1. The van der Waals surface area contributed by atoms with Crippen molar-refractivity contribution in [3.8, 4) is 5.75 Å². The summed E-state index contributed by atoms with van der Waals surface area (Å²) >= 11 is 0. The first kappa shape index (κ1) is 15.8. The Morgan fingerprint density at radius 1 is 1.57 bits per heavy atom. The summed E-state index contributed by atoms with van der Waals surface area (Å²) < 4.78 is 18.6. The fraction of sp³-hybridized carbons (Fsp3) is 0.562. The van der Waals surface area contributed by atoms with E-state index in [9.17, 15) is 9.18 Å². The van der Waals surface area contributed by atoms with Gasteiger partial charge in [-0.05, 0) is 57.0 Å². The number of benzene rings is 1. The van der Waals surface area contributed by atoms with Gasteiger partial charge in [0.15, 0.2) is 0 Å². The molecule has 2 rings (SSSR count). The Kier molecular flexibility index (Phi) is 5.56. The van der Waals surface area contributed by atoms with Crippen LogP contribution in [-0.2, 0) is 4.79 Å². The smallest absolute Gasteiger partial charge is 0.220 e. The van der Waals surface area contributed by atoms with Gasteiger partial charge in [-0.2, -0.15) is 0 Å². The minimum Gasteiger partial charge on any atom is -0.496 e. The molecule has 1 amide bonds. The second kappa shape index (κ2) is 7.41. The molecule has 1 aromatic carbocycles. The van der Waals surface area contributed by atoms with Gasteiger partial charge in [-0.1, -0.05) is 0 Å². The van der Waals surface area contributed by atoms with E-state index in [2.05, 4.69) is 10.6 Å². The number of hydrogen-bond acceptors (Lipinski definition) is 3. The van der Waals surface area contributed by atoms with Gasteiger partial charge in [-0.15, -0.1) is 0 Å². The molecule has 116 valence electrons. The van der Waals surface area contributed by atoms with Crippen molar-refractivity contribution in [1.29, 1.82) is 0 Å². The minimum absolute atomic E-state index is 0.000661. The molecule has 1 saturated heterocycles. The van der Waals surface area contributed by atoms with Gasteiger partial charge in [0.25, 0.3) is 0 Å². The molecule has 1 aromatic rings. The number of nitrogens with one attached hydrogen (secondary N) is 2. The molecule has 1 heterocycles. The maximum absolute atomic E-state index is 13.4. The van der Waals surface area contributed by atoms with Crippen LogP contribution in [0.2, 0.25) is 0 Å². The van der Waals surface area contributed by atoms with Crippen molar-refractivity contribution in [1.82, 2.24) is 10.6 Å². The van der Waals surface area contributed by atoms with Crippen LogP contribution in [0.15, 0.2) is 18.2 Å². The lowest BCUT2D eigenvalue weighted by atomic mass is 10.0. The van der Waals surface area contributed by atoms with E-state index in [1.165, 1.54) is 12.1 Å². The highest BCUT2D eigenvalue weighted by Crippen LogP contribution is 2.26. The number of rotatable bonds is 6. The standard InChI is InChI=1S/C16H23FN2O2/c1-11(14-9-13(17)4-5-15(14)21-2)19-16(20)6-3-12-7-8-18-10-12/h4-5,9,11-12,18H,3,6-8,10H2,1-2H3,(H,19,20). The van der Waals surface area contributed by atoms with Crippen molar-refractivity contribution in [3.63, 3.8) is 0 Å². The molecule has 0 bridgehead atoms. The molecular formula is C16H23FN2O2. The molecule has 2 atom stereocenters. The van der Waals surface area contributed by atoms with Crippen LogP contribution in [0.1, 0.15) is 37.8 Å². The van der Waals surface area contributed by atoms with Gasteiger partial charge in [0.2, 0.25) is 5.91 Å². The maximum atomic E-state index is 13.4. The lowest BCUT2D eigenvalue weighted by molar-refractivity contribution is -0.122. The summed E-state index contributed by atoms with van der Waals surface area (Å²) in [6.45, 7) is 3.88.